The van der Waals surface area contributed by atoms with Gasteiger partial charge in [-0.3, -0.25) is 14.4 Å². The predicted octanol–water partition coefficient (Wildman–Crippen LogP) is 3.47. The van der Waals surface area contributed by atoms with Gasteiger partial charge in [-0.15, -0.1) is 0 Å². The van der Waals surface area contributed by atoms with E-state index in [1.807, 2.05) is 19.2 Å². The van der Waals surface area contributed by atoms with Crippen LogP contribution < -0.4 is 4.90 Å². The highest BCUT2D eigenvalue weighted by atomic mass is 32.1. The number of aromatic nitrogens is 3. The van der Waals surface area contributed by atoms with Crippen LogP contribution in [0, 0.1) is 12.7 Å². The fourth-order valence-corrected chi connectivity index (χ4v) is 4.03. The third-order valence-electron chi connectivity index (χ3n) is 4.58. The number of thiazole rings is 1. The summed E-state index contributed by atoms with van der Waals surface area (Å²) < 4.78 is 16.4. The van der Waals surface area contributed by atoms with Crippen molar-refractivity contribution in [3.05, 3.63) is 41.5 Å². The van der Waals surface area contributed by atoms with Crippen molar-refractivity contribution in [2.45, 2.75) is 20.8 Å². The van der Waals surface area contributed by atoms with Crippen molar-refractivity contribution in [2.75, 3.05) is 31.1 Å². The summed E-state index contributed by atoms with van der Waals surface area (Å²) in [4.78, 5) is 21.5. The van der Waals surface area contributed by atoms with Gasteiger partial charge in [0.05, 0.1) is 4.70 Å². The molecule has 0 saturated heterocycles. The number of nitrogens with zero attached hydrogens (tertiary/aromatic N) is 5. The fraction of sp³-hybridized carbons (Fsp3) is 0.421. The summed E-state index contributed by atoms with van der Waals surface area (Å²) in [5.41, 5.74) is 1.51. The predicted molar refractivity (Wildman–Crippen MR) is 107 cm³/mol. The van der Waals surface area contributed by atoms with Crippen molar-refractivity contribution >= 4 is 32.6 Å². The number of para-hydroxylation sites is 1. The van der Waals surface area contributed by atoms with E-state index in [0.717, 1.165) is 23.4 Å². The first-order valence-electron chi connectivity index (χ1n) is 9.04. The van der Waals surface area contributed by atoms with E-state index < -0.39 is 0 Å². The molecule has 6 nitrogen and oxygen atoms in total. The van der Waals surface area contributed by atoms with E-state index in [2.05, 4.69) is 28.8 Å². The number of hydrogen-bond acceptors (Lipinski definition) is 5. The number of carbonyl (C=O) groups excluding carboxylic acids is 1. The molecule has 0 aliphatic heterocycles. The molecule has 3 rings (SSSR count). The van der Waals surface area contributed by atoms with Gasteiger partial charge in [0, 0.05) is 31.9 Å². The molecule has 0 atom stereocenters. The Morgan fingerprint density at radius 2 is 2.00 bits per heavy atom. The first-order valence-corrected chi connectivity index (χ1v) is 9.85. The number of carbonyl (C=O) groups is 1. The molecule has 1 aromatic carbocycles. The van der Waals surface area contributed by atoms with Crippen molar-refractivity contribution in [2.24, 2.45) is 7.05 Å². The molecule has 2 heterocycles. The number of anilines is 1. The van der Waals surface area contributed by atoms with Crippen molar-refractivity contribution in [1.82, 2.24) is 19.7 Å². The van der Waals surface area contributed by atoms with Crippen LogP contribution in [0.4, 0.5) is 9.52 Å². The molecule has 0 saturated carbocycles. The number of hydrogen-bond donors (Lipinski definition) is 0. The third kappa shape index (κ3) is 4.01. The first-order chi connectivity index (χ1) is 12.9. The van der Waals surface area contributed by atoms with E-state index in [4.69, 9.17) is 0 Å². The minimum atomic E-state index is -0.375. The van der Waals surface area contributed by atoms with Crippen LogP contribution in [-0.2, 0) is 7.05 Å². The minimum absolute atomic E-state index is 0.209. The summed E-state index contributed by atoms with van der Waals surface area (Å²) in [5, 5.41) is 4.81. The number of halogens is 1. The van der Waals surface area contributed by atoms with Crippen molar-refractivity contribution < 1.29 is 9.18 Å². The molecule has 0 unspecified atom stereocenters. The molecular weight excluding hydrogens is 365 g/mol. The highest BCUT2D eigenvalue weighted by molar-refractivity contribution is 7.22. The quantitative estimate of drug-likeness (QED) is 0.621. The van der Waals surface area contributed by atoms with Gasteiger partial charge in [0.25, 0.3) is 5.91 Å². The van der Waals surface area contributed by atoms with Gasteiger partial charge >= 0.3 is 0 Å². The Labute approximate surface area is 162 Å². The highest BCUT2D eigenvalue weighted by Crippen LogP contribution is 2.31. The lowest BCUT2D eigenvalue weighted by Crippen LogP contribution is -2.39. The summed E-state index contributed by atoms with van der Waals surface area (Å²) in [7, 11) is 1.79. The van der Waals surface area contributed by atoms with Crippen molar-refractivity contribution in [3.63, 3.8) is 0 Å². The first kappa shape index (κ1) is 19.4. The second-order valence-electron chi connectivity index (χ2n) is 6.40. The average Bonchev–Trinajstić information content (AvgIpc) is 3.22. The number of benzene rings is 1. The summed E-state index contributed by atoms with van der Waals surface area (Å²) >= 11 is 1.32. The summed E-state index contributed by atoms with van der Waals surface area (Å²) in [6, 6.07) is 4.86. The van der Waals surface area contributed by atoms with Crippen LogP contribution in [-0.4, -0.2) is 51.8 Å². The number of rotatable bonds is 7. The van der Waals surface area contributed by atoms with Crippen LogP contribution in [0.3, 0.4) is 0 Å². The maximum atomic E-state index is 14.1. The molecular formula is C19H24FN5OS. The lowest BCUT2D eigenvalue weighted by molar-refractivity contribution is 0.0977. The van der Waals surface area contributed by atoms with E-state index in [0.29, 0.717) is 29.4 Å². The van der Waals surface area contributed by atoms with Crippen LogP contribution in [0.2, 0.25) is 0 Å². The molecule has 0 bridgehead atoms. The zero-order chi connectivity index (χ0) is 19.6. The van der Waals surface area contributed by atoms with E-state index in [9.17, 15) is 9.18 Å². The van der Waals surface area contributed by atoms with E-state index in [-0.39, 0.29) is 11.7 Å². The van der Waals surface area contributed by atoms with Crippen LogP contribution in [0.15, 0.2) is 24.4 Å². The maximum Gasteiger partial charge on any atom is 0.280 e. The molecule has 2 aromatic heterocycles. The van der Waals surface area contributed by atoms with Gasteiger partial charge in [-0.05, 0) is 32.1 Å². The molecule has 0 aliphatic carbocycles. The molecule has 1 amide bonds. The molecule has 0 aliphatic rings. The highest BCUT2D eigenvalue weighted by Gasteiger charge is 2.25. The van der Waals surface area contributed by atoms with E-state index in [1.54, 1.807) is 22.7 Å². The van der Waals surface area contributed by atoms with Gasteiger partial charge in [-0.2, -0.15) is 5.10 Å². The topological polar surface area (TPSA) is 54.3 Å². The molecule has 144 valence electrons. The zero-order valence-electron chi connectivity index (χ0n) is 16.1. The van der Waals surface area contributed by atoms with Gasteiger partial charge < -0.3 is 4.90 Å². The number of amides is 1. The minimum Gasteiger partial charge on any atom is -0.302 e. The lowest BCUT2D eigenvalue weighted by Gasteiger charge is -2.24. The standard InChI is InChI=1S/C19H24FN5OS/c1-5-24(6-2)10-11-25(18(26)16-13(3)12-23(4)22-16)19-21-17-14(20)8-7-9-15(17)27-19/h7-9,12H,5-6,10-11H2,1-4H3. The van der Waals surface area contributed by atoms with Crippen LogP contribution >= 0.6 is 11.3 Å². The Bertz CT molecular complexity index is 947. The third-order valence-corrected chi connectivity index (χ3v) is 5.63. The number of likely N-dealkylation sites (N-methyl/N-ethyl adjacent to an activating group) is 1. The van der Waals surface area contributed by atoms with E-state index in [1.165, 1.54) is 17.4 Å². The average molecular weight is 390 g/mol. The Morgan fingerprint density at radius 3 is 2.59 bits per heavy atom. The Hall–Kier alpha value is -2.32. The molecule has 0 N–H and O–H groups in total. The van der Waals surface area contributed by atoms with Crippen molar-refractivity contribution in [1.29, 1.82) is 0 Å². The van der Waals surface area contributed by atoms with E-state index >= 15 is 0 Å². The van der Waals surface area contributed by atoms with Crippen LogP contribution in [0.1, 0.15) is 29.9 Å². The van der Waals surface area contributed by atoms with Gasteiger partial charge in [0.15, 0.2) is 10.8 Å². The van der Waals surface area contributed by atoms with Gasteiger partial charge in [-0.25, -0.2) is 9.37 Å². The molecule has 3 aromatic rings. The zero-order valence-corrected chi connectivity index (χ0v) is 16.9. The Balaban J connectivity index is 1.99. The van der Waals surface area contributed by atoms with Crippen LogP contribution in [0.25, 0.3) is 10.2 Å². The number of fused-ring (bicyclic) bond motifs is 1. The van der Waals surface area contributed by atoms with Gasteiger partial charge in [0.2, 0.25) is 0 Å². The lowest BCUT2D eigenvalue weighted by atomic mass is 10.2. The second kappa shape index (κ2) is 8.14. The number of aryl methyl sites for hydroxylation is 2. The fourth-order valence-electron chi connectivity index (χ4n) is 3.03. The summed E-state index contributed by atoms with van der Waals surface area (Å²) in [6.07, 6.45) is 1.81. The molecule has 8 heteroatoms. The second-order valence-corrected chi connectivity index (χ2v) is 7.41. The smallest absolute Gasteiger partial charge is 0.280 e. The SMILES string of the molecule is CCN(CC)CCN(C(=O)c1nn(C)cc1C)c1nc2c(F)cccc2s1. The van der Waals surface area contributed by atoms with Gasteiger partial charge in [-0.1, -0.05) is 31.3 Å². The summed E-state index contributed by atoms with van der Waals surface area (Å²) in [6.45, 7) is 9.02. The Kier molecular flexibility index (Phi) is 5.86. The molecule has 27 heavy (non-hydrogen) atoms. The van der Waals surface area contributed by atoms with Crippen molar-refractivity contribution in [3.8, 4) is 0 Å². The maximum absolute atomic E-state index is 14.1. The van der Waals surface area contributed by atoms with Crippen LogP contribution in [0.5, 0.6) is 0 Å². The molecule has 0 fully saturated rings. The largest absolute Gasteiger partial charge is 0.302 e. The van der Waals surface area contributed by atoms with Gasteiger partial charge in [0.1, 0.15) is 11.3 Å². The monoisotopic (exact) mass is 389 g/mol. The molecule has 0 spiro atoms. The summed E-state index contributed by atoms with van der Waals surface area (Å²) in [5.74, 6) is -0.583. The Morgan fingerprint density at radius 1 is 1.26 bits per heavy atom. The molecule has 0 radical (unpaired) electrons. The normalized spacial score (nSPS) is 11.5.